The zero-order chi connectivity index (χ0) is 14.0. The van der Waals surface area contributed by atoms with Crippen molar-refractivity contribution in [2.75, 3.05) is 20.6 Å². The maximum atomic E-state index is 11.3. The van der Waals surface area contributed by atoms with E-state index >= 15 is 0 Å². The van der Waals surface area contributed by atoms with Gasteiger partial charge in [0, 0.05) is 12.1 Å². The van der Waals surface area contributed by atoms with Gasteiger partial charge in [0.1, 0.15) is 0 Å². The summed E-state index contributed by atoms with van der Waals surface area (Å²) in [5.74, 6) is -4.25. The number of ether oxygens (including phenoxy) is 2. The smallest absolute Gasteiger partial charge is 0.420 e. The van der Waals surface area contributed by atoms with E-state index in [2.05, 4.69) is 0 Å². The molecule has 0 aliphatic carbocycles. The number of cyclic esters (lactones) is 2. The number of rotatable bonds is 3. The van der Waals surface area contributed by atoms with Gasteiger partial charge in [-0.2, -0.15) is 0 Å². The molecule has 6 nitrogen and oxygen atoms in total. The van der Waals surface area contributed by atoms with Crippen molar-refractivity contribution in [1.29, 1.82) is 0 Å². The van der Waals surface area contributed by atoms with Crippen LogP contribution in [0.15, 0.2) is 30.3 Å². The molecule has 2 rings (SSSR count). The molecule has 1 aromatic carbocycles. The van der Waals surface area contributed by atoms with Crippen LogP contribution in [-0.4, -0.2) is 48.7 Å². The maximum Gasteiger partial charge on any atom is 0.420 e. The van der Waals surface area contributed by atoms with Crippen molar-refractivity contribution in [2.45, 2.75) is 11.9 Å². The topological polar surface area (TPSA) is 76.1 Å². The van der Waals surface area contributed by atoms with Crippen LogP contribution in [0.4, 0.5) is 0 Å². The van der Waals surface area contributed by atoms with Gasteiger partial charge < -0.3 is 19.5 Å². The summed E-state index contributed by atoms with van der Waals surface area (Å²) in [6, 6.07) is 8.38. The van der Waals surface area contributed by atoms with Gasteiger partial charge in [-0.3, -0.25) is 0 Å². The van der Waals surface area contributed by atoms with Gasteiger partial charge in [-0.25, -0.2) is 9.59 Å². The van der Waals surface area contributed by atoms with Gasteiger partial charge in [0.25, 0.3) is 5.79 Å². The van der Waals surface area contributed by atoms with Gasteiger partial charge in [-0.15, -0.1) is 0 Å². The number of aliphatic hydroxyl groups is 1. The number of hydrogen-bond donors (Lipinski definition) is 1. The van der Waals surface area contributed by atoms with E-state index in [9.17, 15) is 14.7 Å². The first-order chi connectivity index (χ1) is 8.93. The molecule has 1 N–H and O–H groups in total. The average Bonchev–Trinajstić information content (AvgIpc) is 2.36. The zero-order valence-electron chi connectivity index (χ0n) is 10.7. The van der Waals surface area contributed by atoms with Gasteiger partial charge in [-0.05, 0) is 14.1 Å². The predicted octanol–water partition coefficient (Wildman–Crippen LogP) is -0.138. The number of nitrogens with zero attached hydrogens (tertiary/aromatic N) is 1. The first kappa shape index (κ1) is 13.5. The summed E-state index contributed by atoms with van der Waals surface area (Å²) in [5, 5.41) is 10.6. The molecular formula is C13H15NO5. The van der Waals surface area contributed by atoms with E-state index in [-0.39, 0.29) is 6.54 Å². The minimum absolute atomic E-state index is 0.227. The number of carbonyl (C=O) groups is 2. The Morgan fingerprint density at radius 1 is 1.21 bits per heavy atom. The molecule has 6 heteroatoms. The van der Waals surface area contributed by atoms with Crippen molar-refractivity contribution in [2.24, 2.45) is 0 Å². The Labute approximate surface area is 110 Å². The summed E-state index contributed by atoms with van der Waals surface area (Å²) < 4.78 is 9.88. The van der Waals surface area contributed by atoms with Crippen molar-refractivity contribution in [3.05, 3.63) is 35.9 Å². The fourth-order valence-electron chi connectivity index (χ4n) is 1.92. The summed E-state index contributed by atoms with van der Waals surface area (Å²) in [7, 11) is 3.52. The Hall–Kier alpha value is -1.92. The van der Waals surface area contributed by atoms with Crippen molar-refractivity contribution in [3.8, 4) is 0 Å². The third-order valence-electron chi connectivity index (χ3n) is 2.82. The fourth-order valence-corrected chi connectivity index (χ4v) is 1.92. The second-order valence-electron chi connectivity index (χ2n) is 4.61. The highest BCUT2D eigenvalue weighted by atomic mass is 16.7. The number of carbonyl (C=O) groups excluding carboxylic acids is 2. The van der Waals surface area contributed by atoms with Crippen LogP contribution < -0.4 is 0 Å². The van der Waals surface area contributed by atoms with Gasteiger partial charge in [0.05, 0.1) is 0 Å². The van der Waals surface area contributed by atoms with Crippen molar-refractivity contribution >= 4 is 11.9 Å². The Kier molecular flexibility index (Phi) is 3.55. The van der Waals surface area contributed by atoms with Gasteiger partial charge in [0.15, 0.2) is 6.10 Å². The molecule has 1 aliphatic heterocycles. The summed E-state index contributed by atoms with van der Waals surface area (Å²) in [5.41, 5.74) is 0.364. The highest BCUT2D eigenvalue weighted by Gasteiger charge is 2.51. The second kappa shape index (κ2) is 4.99. The van der Waals surface area contributed by atoms with E-state index in [1.54, 1.807) is 49.3 Å². The SMILES string of the molecule is CN(C)CC1OC(=O)C(=O)O[C@@]1(O)c1ccccc1. The molecule has 19 heavy (non-hydrogen) atoms. The summed E-state index contributed by atoms with van der Waals surface area (Å²) in [6.07, 6.45) is -0.977. The normalized spacial score (nSPS) is 27.1. The third kappa shape index (κ3) is 2.59. The van der Waals surface area contributed by atoms with Crippen molar-refractivity contribution in [1.82, 2.24) is 4.90 Å². The lowest BCUT2D eigenvalue weighted by Gasteiger charge is -2.38. The molecule has 0 radical (unpaired) electrons. The van der Waals surface area contributed by atoms with E-state index in [4.69, 9.17) is 9.47 Å². The van der Waals surface area contributed by atoms with Crippen LogP contribution in [-0.2, 0) is 24.8 Å². The molecule has 1 aliphatic rings. The lowest BCUT2D eigenvalue weighted by molar-refractivity contribution is -0.282. The van der Waals surface area contributed by atoms with Crippen LogP contribution in [0.5, 0.6) is 0 Å². The minimum Gasteiger partial charge on any atom is -0.445 e. The highest BCUT2D eigenvalue weighted by molar-refractivity contribution is 6.30. The number of esters is 2. The highest BCUT2D eigenvalue weighted by Crippen LogP contribution is 2.32. The summed E-state index contributed by atoms with van der Waals surface area (Å²) >= 11 is 0. The van der Waals surface area contributed by atoms with Crippen LogP contribution in [0.1, 0.15) is 5.56 Å². The lowest BCUT2D eigenvalue weighted by atomic mass is 9.98. The van der Waals surface area contributed by atoms with Crippen LogP contribution in [0.2, 0.25) is 0 Å². The Bertz CT molecular complexity index is 487. The molecule has 102 valence electrons. The van der Waals surface area contributed by atoms with E-state index in [0.717, 1.165) is 0 Å². The first-order valence-corrected chi connectivity index (χ1v) is 5.80. The van der Waals surface area contributed by atoms with Crippen LogP contribution in [0, 0.1) is 0 Å². The maximum absolute atomic E-state index is 11.3. The monoisotopic (exact) mass is 265 g/mol. The minimum atomic E-state index is -1.96. The van der Waals surface area contributed by atoms with E-state index in [0.29, 0.717) is 5.56 Å². The molecule has 0 amide bonds. The molecule has 1 unspecified atom stereocenters. The molecule has 0 aromatic heterocycles. The van der Waals surface area contributed by atoms with Crippen molar-refractivity contribution < 1.29 is 24.2 Å². The molecule has 1 aromatic rings. The largest absolute Gasteiger partial charge is 0.445 e. The molecule has 0 spiro atoms. The van der Waals surface area contributed by atoms with Crippen LogP contribution >= 0.6 is 0 Å². The molecule has 1 saturated heterocycles. The quantitative estimate of drug-likeness (QED) is 0.605. The lowest BCUT2D eigenvalue weighted by Crippen LogP contribution is -2.56. The fraction of sp³-hybridized carbons (Fsp3) is 0.385. The molecular weight excluding hydrogens is 250 g/mol. The van der Waals surface area contributed by atoms with Gasteiger partial charge in [-0.1, -0.05) is 30.3 Å². The van der Waals surface area contributed by atoms with Crippen LogP contribution in [0.25, 0.3) is 0 Å². The Morgan fingerprint density at radius 3 is 2.42 bits per heavy atom. The molecule has 0 saturated carbocycles. The summed E-state index contributed by atoms with van der Waals surface area (Å²) in [4.78, 5) is 24.3. The zero-order valence-corrected chi connectivity index (χ0v) is 10.7. The standard InChI is InChI=1S/C13H15NO5/c1-14(2)8-10-13(17,9-6-4-3-5-7-9)19-12(16)11(15)18-10/h3-7,10,17H,8H2,1-2H3/t10?,13-/m0/s1. The number of likely N-dealkylation sites (N-methyl/N-ethyl adjacent to an activating group) is 1. The Balaban J connectivity index is 2.37. The van der Waals surface area contributed by atoms with E-state index in [1.807, 2.05) is 0 Å². The van der Waals surface area contributed by atoms with Crippen LogP contribution in [0.3, 0.4) is 0 Å². The Morgan fingerprint density at radius 2 is 1.84 bits per heavy atom. The molecule has 1 fully saturated rings. The first-order valence-electron chi connectivity index (χ1n) is 5.80. The predicted molar refractivity (Wildman–Crippen MR) is 64.9 cm³/mol. The molecule has 0 bridgehead atoms. The number of benzene rings is 1. The van der Waals surface area contributed by atoms with Gasteiger partial charge in [0.2, 0.25) is 0 Å². The van der Waals surface area contributed by atoms with E-state index < -0.39 is 23.8 Å². The molecule has 2 atom stereocenters. The molecule has 1 heterocycles. The average molecular weight is 265 g/mol. The van der Waals surface area contributed by atoms with E-state index in [1.165, 1.54) is 0 Å². The summed E-state index contributed by atoms with van der Waals surface area (Å²) in [6.45, 7) is 0.227. The third-order valence-corrected chi connectivity index (χ3v) is 2.82. The number of hydrogen-bond acceptors (Lipinski definition) is 6. The second-order valence-corrected chi connectivity index (χ2v) is 4.61. The van der Waals surface area contributed by atoms with Gasteiger partial charge >= 0.3 is 11.9 Å². The van der Waals surface area contributed by atoms with Crippen molar-refractivity contribution in [3.63, 3.8) is 0 Å².